The van der Waals surface area contributed by atoms with Crippen molar-refractivity contribution in [2.24, 2.45) is 0 Å². The van der Waals surface area contributed by atoms with Gasteiger partial charge in [0.1, 0.15) is 35.0 Å². The molecule has 1 amide bonds. The minimum atomic E-state index is -1.92. The lowest BCUT2D eigenvalue weighted by atomic mass is 9.95. The summed E-state index contributed by atoms with van der Waals surface area (Å²) in [6.07, 6.45) is 7.96. The molecule has 4 aromatic rings. The van der Waals surface area contributed by atoms with E-state index in [0.717, 1.165) is 74.4 Å². The SMILES string of the molecule is CCc1cccc2cc(OCOC)cc(-c3ncc4c(N5C[C@H]6CC[C@@H](C5)N6C(=O)OC(C)(C)C)nc(OCC56CCCN5C(CO[Si](C)(C)C(C)(C)C)CC6)nc4c3F)c12. The van der Waals surface area contributed by atoms with Crippen LogP contribution >= 0.6 is 0 Å². The molecular weight excluding hydrogens is 792 g/mol. The van der Waals surface area contributed by atoms with Gasteiger partial charge in [0.2, 0.25) is 0 Å². The number of hydrogen-bond acceptors (Lipinski definition) is 11. The summed E-state index contributed by atoms with van der Waals surface area (Å²) in [6.45, 7) is 22.4. The Balaban J connectivity index is 1.17. The molecule has 2 aromatic heterocycles. The summed E-state index contributed by atoms with van der Waals surface area (Å²) in [7, 11) is -0.347. The first-order valence-electron chi connectivity index (χ1n) is 22.3. The number of anilines is 1. The van der Waals surface area contributed by atoms with Crippen LogP contribution in [0.25, 0.3) is 32.9 Å². The molecule has 2 bridgehead atoms. The number of ether oxygens (including phenoxy) is 4. The van der Waals surface area contributed by atoms with Crippen molar-refractivity contribution in [1.29, 1.82) is 0 Å². The Kier molecular flexibility index (Phi) is 11.8. The maximum Gasteiger partial charge on any atom is 0.410 e. The van der Waals surface area contributed by atoms with Crippen molar-refractivity contribution in [2.45, 2.75) is 141 Å². The molecule has 14 heteroatoms. The number of carbonyl (C=O) groups excluding carboxylic acids is 1. The van der Waals surface area contributed by atoms with Crippen molar-refractivity contribution in [3.05, 3.63) is 47.9 Å². The number of carbonyl (C=O) groups is 1. The highest BCUT2D eigenvalue weighted by atomic mass is 28.4. The Labute approximate surface area is 361 Å². The van der Waals surface area contributed by atoms with Gasteiger partial charge in [0.05, 0.1) is 23.0 Å². The third kappa shape index (κ3) is 8.41. The number of aromatic nitrogens is 3. The fraction of sp³-hybridized carbons (Fsp3) is 0.617. The number of nitrogens with zero attached hydrogens (tertiary/aromatic N) is 6. The predicted octanol–water partition coefficient (Wildman–Crippen LogP) is 9.51. The fourth-order valence-electron chi connectivity index (χ4n) is 9.88. The van der Waals surface area contributed by atoms with Crippen molar-refractivity contribution in [2.75, 3.05) is 51.7 Å². The molecule has 6 heterocycles. The normalized spacial score (nSPS) is 23.3. The molecule has 4 aliphatic heterocycles. The van der Waals surface area contributed by atoms with Crippen LogP contribution in [0.2, 0.25) is 18.1 Å². The maximum atomic E-state index is 17.6. The number of pyridine rings is 1. The van der Waals surface area contributed by atoms with E-state index in [2.05, 4.69) is 56.7 Å². The lowest BCUT2D eigenvalue weighted by molar-refractivity contribution is 0.0122. The Bertz CT molecular complexity index is 2270. The highest BCUT2D eigenvalue weighted by molar-refractivity contribution is 6.74. The number of piperazine rings is 1. The Morgan fingerprint density at radius 2 is 1.75 bits per heavy atom. The van der Waals surface area contributed by atoms with Gasteiger partial charge < -0.3 is 28.3 Å². The standard InChI is InChI=1S/C47H65FN6O6Si/c1-11-30-14-12-15-31-22-35(58-29-56-8)23-36(38(30)31)40-39(48)41-37(24-49-40)42(52-25-32-16-17-33(26-52)54(32)44(55)60-45(2,3)4)51-43(50-41)57-28-47-19-13-21-53(47)34(18-20-47)27-59-61(9,10)46(5,6)7/h12,14-15,22-24,32-34H,11,13,16-21,25-29H2,1-10H3/t32-,33+,34?,47?. The van der Waals surface area contributed by atoms with Crippen LogP contribution in [0.4, 0.5) is 15.0 Å². The zero-order valence-electron chi connectivity index (χ0n) is 37.9. The van der Waals surface area contributed by atoms with Crippen LogP contribution in [0.5, 0.6) is 11.8 Å². The zero-order chi connectivity index (χ0) is 43.5. The van der Waals surface area contributed by atoms with Crippen molar-refractivity contribution in [1.82, 2.24) is 24.8 Å². The smallest absolute Gasteiger partial charge is 0.410 e. The molecule has 61 heavy (non-hydrogen) atoms. The van der Waals surface area contributed by atoms with Gasteiger partial charge >= 0.3 is 12.1 Å². The predicted molar refractivity (Wildman–Crippen MR) is 240 cm³/mol. The van der Waals surface area contributed by atoms with E-state index in [1.807, 2.05) is 49.9 Å². The maximum absolute atomic E-state index is 17.6. The van der Waals surface area contributed by atoms with Gasteiger partial charge in [0.25, 0.3) is 0 Å². The molecule has 2 aromatic carbocycles. The number of methoxy groups -OCH3 is 1. The monoisotopic (exact) mass is 856 g/mol. The van der Waals surface area contributed by atoms with Crippen molar-refractivity contribution in [3.63, 3.8) is 0 Å². The Morgan fingerprint density at radius 3 is 2.44 bits per heavy atom. The second-order valence-electron chi connectivity index (χ2n) is 20.2. The summed E-state index contributed by atoms with van der Waals surface area (Å²) in [5.74, 6) is 0.555. The van der Waals surface area contributed by atoms with Crippen molar-refractivity contribution >= 4 is 41.9 Å². The van der Waals surface area contributed by atoms with Gasteiger partial charge in [-0.15, -0.1) is 0 Å². The average molecular weight is 857 g/mol. The Hall–Kier alpha value is -4.11. The van der Waals surface area contributed by atoms with E-state index in [4.69, 9.17) is 38.3 Å². The van der Waals surface area contributed by atoms with E-state index in [1.54, 1.807) is 13.3 Å². The van der Waals surface area contributed by atoms with Gasteiger partial charge in [0.15, 0.2) is 20.9 Å². The molecular formula is C47H65FN6O6Si. The van der Waals surface area contributed by atoms with Crippen LogP contribution in [0.15, 0.2) is 36.5 Å². The third-order valence-corrected chi connectivity index (χ3v) is 18.5. The number of benzene rings is 2. The van der Waals surface area contributed by atoms with Crippen molar-refractivity contribution < 1.29 is 32.6 Å². The molecule has 0 N–H and O–H groups in total. The van der Waals surface area contributed by atoms with Gasteiger partial charge in [-0.2, -0.15) is 9.97 Å². The molecule has 4 saturated heterocycles. The summed E-state index contributed by atoms with van der Waals surface area (Å²) >= 11 is 0. The Morgan fingerprint density at radius 1 is 1.00 bits per heavy atom. The van der Waals surface area contributed by atoms with Crippen LogP contribution in [0, 0.1) is 5.82 Å². The first-order chi connectivity index (χ1) is 28.9. The van der Waals surface area contributed by atoms with E-state index >= 15 is 4.39 Å². The number of halogens is 1. The van der Waals surface area contributed by atoms with Crippen LogP contribution in [0.3, 0.4) is 0 Å². The van der Waals surface area contributed by atoms with E-state index in [-0.39, 0.29) is 52.8 Å². The van der Waals surface area contributed by atoms with Gasteiger partial charge in [-0.1, -0.05) is 45.9 Å². The summed E-state index contributed by atoms with van der Waals surface area (Å²) in [4.78, 5) is 34.9. The molecule has 12 nitrogen and oxygen atoms in total. The van der Waals surface area contributed by atoms with Crippen LogP contribution in [-0.2, 0) is 20.3 Å². The summed E-state index contributed by atoms with van der Waals surface area (Å²) in [6, 6.07) is 10.2. The number of hydrogen-bond donors (Lipinski definition) is 0. The van der Waals surface area contributed by atoms with E-state index in [1.165, 1.54) is 0 Å². The fourth-order valence-corrected chi connectivity index (χ4v) is 10.9. The largest absolute Gasteiger partial charge is 0.468 e. The van der Waals surface area contributed by atoms with Crippen LogP contribution < -0.4 is 14.4 Å². The molecule has 4 atom stereocenters. The summed E-state index contributed by atoms with van der Waals surface area (Å²) < 4.78 is 48.1. The first kappa shape index (κ1) is 43.5. The molecule has 8 rings (SSSR count). The second-order valence-corrected chi connectivity index (χ2v) is 25.0. The van der Waals surface area contributed by atoms with E-state index < -0.39 is 19.7 Å². The first-order valence-corrected chi connectivity index (χ1v) is 25.2. The van der Waals surface area contributed by atoms with E-state index in [0.29, 0.717) is 48.3 Å². The minimum absolute atomic E-state index is 0.0514. The molecule has 0 aliphatic carbocycles. The molecule has 0 radical (unpaired) electrons. The average Bonchev–Trinajstić information content (AvgIpc) is 3.86. The summed E-state index contributed by atoms with van der Waals surface area (Å²) in [5, 5.41) is 2.46. The van der Waals surface area contributed by atoms with Gasteiger partial charge in [-0.3, -0.25) is 14.8 Å². The van der Waals surface area contributed by atoms with Crippen LogP contribution in [-0.4, -0.2) is 115 Å². The topological polar surface area (TPSA) is 112 Å². The highest BCUT2D eigenvalue weighted by Crippen LogP contribution is 2.45. The van der Waals surface area contributed by atoms with Gasteiger partial charge in [-0.05, 0) is 119 Å². The molecule has 330 valence electrons. The number of rotatable bonds is 12. The number of amides is 1. The molecule has 0 saturated carbocycles. The number of aryl methyl sites for hydroxylation is 1. The zero-order valence-corrected chi connectivity index (χ0v) is 38.9. The number of fused-ring (bicyclic) bond motifs is 5. The highest BCUT2D eigenvalue weighted by Gasteiger charge is 2.51. The molecule has 4 aliphatic rings. The third-order valence-electron chi connectivity index (χ3n) is 14.0. The van der Waals surface area contributed by atoms with E-state index in [9.17, 15) is 4.79 Å². The molecule has 4 fully saturated rings. The quantitative estimate of drug-likeness (QED) is 0.100. The van der Waals surface area contributed by atoms with Crippen LogP contribution in [0.1, 0.15) is 92.6 Å². The lowest BCUT2D eigenvalue weighted by Gasteiger charge is -2.42. The second kappa shape index (κ2) is 16.5. The van der Waals surface area contributed by atoms with Crippen molar-refractivity contribution in [3.8, 4) is 23.0 Å². The van der Waals surface area contributed by atoms with Gasteiger partial charge in [-0.25, -0.2) is 9.18 Å². The molecule has 2 unspecified atom stereocenters. The lowest BCUT2D eigenvalue weighted by Crippen LogP contribution is -2.57. The van der Waals surface area contributed by atoms with Gasteiger partial charge in [0, 0.05) is 44.6 Å². The minimum Gasteiger partial charge on any atom is -0.468 e. The summed E-state index contributed by atoms with van der Waals surface area (Å²) in [5.41, 5.74) is 1.23. The molecule has 0 spiro atoms.